The molecule has 2 aromatic carbocycles. The van der Waals surface area contributed by atoms with Crippen molar-refractivity contribution in [1.82, 2.24) is 0 Å². The van der Waals surface area contributed by atoms with Gasteiger partial charge >= 0.3 is 0 Å². The van der Waals surface area contributed by atoms with Gasteiger partial charge in [0.05, 0.1) is 11.4 Å². The number of benzene rings is 2. The van der Waals surface area contributed by atoms with Crippen molar-refractivity contribution in [3.63, 3.8) is 0 Å². The van der Waals surface area contributed by atoms with Gasteiger partial charge in [-0.05, 0) is 29.4 Å². The Bertz CT molecular complexity index is 811. The standard InChI is InChI=1S/C28H43NO4/c1-10-11-18-29(23-16-12-14-21(27(2,3)4)25(23)32-19-30-8)24-17-13-15-22(28(5,6)7)26(24)33-20-31-9/h12-17H,10-11,18-20H2,1-9H3. The Kier molecular flexibility index (Phi) is 9.62. The van der Waals surface area contributed by atoms with Crippen molar-refractivity contribution in [3.8, 4) is 11.5 Å². The molecule has 0 amide bonds. The van der Waals surface area contributed by atoms with Crippen LogP contribution in [0.3, 0.4) is 0 Å². The molecule has 0 saturated heterocycles. The summed E-state index contributed by atoms with van der Waals surface area (Å²) in [5, 5.41) is 0. The van der Waals surface area contributed by atoms with Gasteiger partial charge in [-0.2, -0.15) is 0 Å². The quantitative estimate of drug-likeness (QED) is 0.334. The highest BCUT2D eigenvalue weighted by Gasteiger charge is 2.28. The Balaban J connectivity index is 2.79. The summed E-state index contributed by atoms with van der Waals surface area (Å²) in [6.07, 6.45) is 2.11. The van der Waals surface area contributed by atoms with Gasteiger partial charge in [0.1, 0.15) is 11.5 Å². The SMILES string of the molecule is CCCCN(c1cccc(C(C)(C)C)c1OCOC)c1cccc(C(C)(C)C)c1OCOC. The summed E-state index contributed by atoms with van der Waals surface area (Å²) in [5.74, 6) is 1.70. The maximum absolute atomic E-state index is 6.22. The maximum Gasteiger partial charge on any atom is 0.188 e. The van der Waals surface area contributed by atoms with Gasteiger partial charge in [0.15, 0.2) is 13.6 Å². The van der Waals surface area contributed by atoms with Crippen LogP contribution in [0.5, 0.6) is 11.5 Å². The number of methoxy groups -OCH3 is 2. The monoisotopic (exact) mass is 457 g/mol. The van der Waals surface area contributed by atoms with Crippen molar-refractivity contribution < 1.29 is 18.9 Å². The van der Waals surface area contributed by atoms with E-state index in [1.54, 1.807) is 14.2 Å². The number of hydrogen-bond donors (Lipinski definition) is 0. The maximum atomic E-state index is 6.22. The summed E-state index contributed by atoms with van der Waals surface area (Å²) in [5.41, 5.74) is 4.15. The lowest BCUT2D eigenvalue weighted by atomic mass is 9.85. The lowest BCUT2D eigenvalue weighted by Gasteiger charge is -2.33. The Labute approximate surface area is 201 Å². The third-order valence-electron chi connectivity index (χ3n) is 5.56. The number of ether oxygens (including phenoxy) is 4. The highest BCUT2D eigenvalue weighted by atomic mass is 16.7. The molecule has 2 rings (SSSR count). The second-order valence-corrected chi connectivity index (χ2v) is 10.4. The first-order valence-electron chi connectivity index (χ1n) is 11.8. The molecule has 0 spiro atoms. The van der Waals surface area contributed by atoms with Crippen LogP contribution in [0.1, 0.15) is 72.4 Å². The number of rotatable bonds is 11. The van der Waals surface area contributed by atoms with E-state index in [1.165, 1.54) is 0 Å². The normalized spacial score (nSPS) is 12.0. The molecule has 184 valence electrons. The van der Waals surface area contributed by atoms with Gasteiger partial charge in [-0.3, -0.25) is 0 Å². The second-order valence-electron chi connectivity index (χ2n) is 10.4. The van der Waals surface area contributed by atoms with Gasteiger partial charge < -0.3 is 23.8 Å². The molecule has 5 heteroatoms. The molecule has 2 aromatic rings. The van der Waals surface area contributed by atoms with Gasteiger partial charge in [0.25, 0.3) is 0 Å². The summed E-state index contributed by atoms with van der Waals surface area (Å²) >= 11 is 0. The average molecular weight is 458 g/mol. The van der Waals surface area contributed by atoms with Crippen LogP contribution in [0.25, 0.3) is 0 Å². The van der Waals surface area contributed by atoms with Crippen LogP contribution in [0.4, 0.5) is 11.4 Å². The fraction of sp³-hybridized carbons (Fsp3) is 0.571. The molecule has 0 bridgehead atoms. The molecule has 0 aliphatic carbocycles. The molecule has 0 N–H and O–H groups in total. The minimum Gasteiger partial charge on any atom is -0.465 e. The van der Waals surface area contributed by atoms with E-state index >= 15 is 0 Å². The fourth-order valence-electron chi connectivity index (χ4n) is 3.88. The van der Waals surface area contributed by atoms with Crippen LogP contribution in [0.2, 0.25) is 0 Å². The smallest absolute Gasteiger partial charge is 0.188 e. The van der Waals surface area contributed by atoms with Crippen LogP contribution in [-0.4, -0.2) is 34.4 Å². The van der Waals surface area contributed by atoms with E-state index in [9.17, 15) is 0 Å². The summed E-state index contributed by atoms with van der Waals surface area (Å²) < 4.78 is 23.0. The van der Waals surface area contributed by atoms with E-state index in [4.69, 9.17) is 18.9 Å². The van der Waals surface area contributed by atoms with Crippen molar-refractivity contribution in [2.24, 2.45) is 0 Å². The van der Waals surface area contributed by atoms with Gasteiger partial charge in [0.2, 0.25) is 0 Å². The summed E-state index contributed by atoms with van der Waals surface area (Å²) in [6, 6.07) is 12.7. The Morgan fingerprint density at radius 3 is 1.45 bits per heavy atom. The number of unbranched alkanes of at least 4 members (excludes halogenated alkanes) is 1. The molecular weight excluding hydrogens is 414 g/mol. The summed E-state index contributed by atoms with van der Waals surface area (Å²) in [7, 11) is 3.30. The molecule has 0 aliphatic rings. The highest BCUT2D eigenvalue weighted by Crippen LogP contribution is 2.46. The number of nitrogens with zero attached hydrogens (tertiary/aromatic N) is 1. The van der Waals surface area contributed by atoms with E-state index < -0.39 is 0 Å². The molecule has 0 unspecified atom stereocenters. The fourth-order valence-corrected chi connectivity index (χ4v) is 3.88. The van der Waals surface area contributed by atoms with Crippen LogP contribution >= 0.6 is 0 Å². The molecule has 0 fully saturated rings. The zero-order valence-electron chi connectivity index (χ0n) is 22.1. The number of hydrogen-bond acceptors (Lipinski definition) is 5. The molecule has 0 atom stereocenters. The predicted molar refractivity (Wildman–Crippen MR) is 137 cm³/mol. The first-order valence-corrected chi connectivity index (χ1v) is 11.8. The van der Waals surface area contributed by atoms with Gasteiger partial charge in [-0.15, -0.1) is 0 Å². The van der Waals surface area contributed by atoms with Crippen LogP contribution in [0.15, 0.2) is 36.4 Å². The van der Waals surface area contributed by atoms with Crippen molar-refractivity contribution in [1.29, 1.82) is 0 Å². The third kappa shape index (κ3) is 6.87. The lowest BCUT2D eigenvalue weighted by Crippen LogP contribution is -2.24. The van der Waals surface area contributed by atoms with Gasteiger partial charge in [-0.1, -0.05) is 79.2 Å². The first kappa shape index (κ1) is 27.0. The second kappa shape index (κ2) is 11.8. The topological polar surface area (TPSA) is 40.2 Å². The van der Waals surface area contributed by atoms with Gasteiger partial charge in [0, 0.05) is 31.9 Å². The first-order chi connectivity index (χ1) is 15.6. The molecule has 33 heavy (non-hydrogen) atoms. The predicted octanol–water partition coefficient (Wildman–Crippen LogP) is 7.19. The molecule has 0 aliphatic heterocycles. The molecule has 5 nitrogen and oxygen atoms in total. The van der Waals surface area contributed by atoms with Crippen LogP contribution in [0, 0.1) is 0 Å². The Morgan fingerprint density at radius 1 is 0.697 bits per heavy atom. The molecule has 0 heterocycles. The molecule has 0 radical (unpaired) electrons. The third-order valence-corrected chi connectivity index (χ3v) is 5.56. The van der Waals surface area contributed by atoms with Crippen LogP contribution in [-0.2, 0) is 20.3 Å². The van der Waals surface area contributed by atoms with Crippen molar-refractivity contribution >= 4 is 11.4 Å². The summed E-state index contributed by atoms with van der Waals surface area (Å²) in [4.78, 5) is 2.32. The zero-order valence-corrected chi connectivity index (χ0v) is 22.1. The van der Waals surface area contributed by atoms with E-state index in [-0.39, 0.29) is 24.4 Å². The van der Waals surface area contributed by atoms with Crippen molar-refractivity contribution in [3.05, 3.63) is 47.5 Å². The van der Waals surface area contributed by atoms with Crippen molar-refractivity contribution in [2.45, 2.75) is 72.1 Å². The summed E-state index contributed by atoms with van der Waals surface area (Å²) in [6.45, 7) is 16.7. The van der Waals surface area contributed by atoms with E-state index in [0.29, 0.717) is 0 Å². The highest BCUT2D eigenvalue weighted by molar-refractivity contribution is 5.76. The number of anilines is 2. The lowest BCUT2D eigenvalue weighted by molar-refractivity contribution is 0.0497. The Hall–Kier alpha value is -2.24. The van der Waals surface area contributed by atoms with Crippen molar-refractivity contribution in [2.75, 3.05) is 39.3 Å². The minimum absolute atomic E-state index is 0.0852. The molecule has 0 saturated carbocycles. The number of para-hydroxylation sites is 2. The van der Waals surface area contributed by atoms with E-state index in [2.05, 4.69) is 89.8 Å². The largest absolute Gasteiger partial charge is 0.465 e. The average Bonchev–Trinajstić information content (AvgIpc) is 2.75. The van der Waals surface area contributed by atoms with E-state index in [1.807, 2.05) is 0 Å². The minimum atomic E-state index is -0.0852. The van der Waals surface area contributed by atoms with Crippen LogP contribution < -0.4 is 14.4 Å². The van der Waals surface area contributed by atoms with E-state index in [0.717, 1.165) is 53.4 Å². The molecule has 0 aromatic heterocycles. The van der Waals surface area contributed by atoms with Gasteiger partial charge in [-0.25, -0.2) is 0 Å². The molecular formula is C28H43NO4. The Morgan fingerprint density at radius 2 is 1.12 bits per heavy atom. The zero-order chi connectivity index (χ0) is 24.6.